The zero-order chi connectivity index (χ0) is 40.5. The fraction of sp³-hybridized carbons (Fsp3) is 0.833. The van der Waals surface area contributed by atoms with Gasteiger partial charge in [-0.05, 0) is 19.4 Å². The molecule has 0 spiro atoms. The number of aliphatic carboxylic acids is 1. The minimum absolute atomic E-state index is 0. The molecule has 0 saturated carbocycles. The minimum Gasteiger partial charge on any atom is -0.480 e. The Labute approximate surface area is 350 Å². The van der Waals surface area contributed by atoms with Crippen LogP contribution in [-0.2, 0) is 33.8 Å². The first-order chi connectivity index (χ1) is 25.9. The number of aliphatic hydroxyl groups is 8. The van der Waals surface area contributed by atoms with Gasteiger partial charge in [0.2, 0.25) is 0 Å². The zero-order valence-electron chi connectivity index (χ0n) is 30.1. The molecule has 0 radical (unpaired) electrons. The standard InChI is InChI=1S/C30H58N4O20.Gd/c35-18-22(38)28(54-30-27(42)26(41)25(40)23(19-36)53-30)24(39)21(37)17-31-4-2-1-3-20(29(43)44)34(7-5-32(9-13-49-45)10-14-50-46)8-6-33(11-15-51-47)12-16-52-48;/h13-16,20-28,30-31,35-42,45-48H,1-12,17-19H2,(H,43,44);/q-4;. The van der Waals surface area contributed by atoms with Crippen molar-refractivity contribution in [2.75, 3.05) is 78.7 Å². The van der Waals surface area contributed by atoms with Gasteiger partial charge in [0.1, 0.15) is 48.8 Å². The monoisotopic (exact) mass is 952 g/mol. The molecule has 1 aliphatic rings. The van der Waals surface area contributed by atoms with E-state index in [1.807, 2.05) is 0 Å². The van der Waals surface area contributed by atoms with Gasteiger partial charge in [0.05, 0.1) is 19.3 Å². The summed E-state index contributed by atoms with van der Waals surface area (Å²) in [7, 11) is 0. The smallest absolute Gasteiger partial charge is 0.320 e. The number of aliphatic hydroxyl groups excluding tert-OH is 8. The van der Waals surface area contributed by atoms with E-state index >= 15 is 0 Å². The number of hydrogen-bond donors (Lipinski definition) is 14. The number of hydrogen-bond acceptors (Lipinski definition) is 23. The Hall–Kier alpha value is -0.0853. The average molecular weight is 952 g/mol. The average Bonchev–Trinajstić information content (AvgIpc) is 3.17. The van der Waals surface area contributed by atoms with Gasteiger partial charge in [-0.15, -0.1) is 26.2 Å². The predicted molar refractivity (Wildman–Crippen MR) is 178 cm³/mol. The molecule has 10 unspecified atom stereocenters. The summed E-state index contributed by atoms with van der Waals surface area (Å²) in [5.74, 6) is -1.13. The van der Waals surface area contributed by atoms with E-state index in [0.29, 0.717) is 12.8 Å². The first-order valence-electron chi connectivity index (χ1n) is 17.1. The van der Waals surface area contributed by atoms with Gasteiger partial charge in [-0.25, -0.2) is 0 Å². The normalized spacial score (nSPS) is 23.1. The summed E-state index contributed by atoms with van der Waals surface area (Å²) in [5, 5.41) is 129. The maximum absolute atomic E-state index is 12.5. The molecule has 10 atom stereocenters. The molecule has 14 N–H and O–H groups in total. The summed E-state index contributed by atoms with van der Waals surface area (Å²) in [6.07, 6.45) is -14.6. The van der Waals surface area contributed by atoms with Crippen molar-refractivity contribution in [3.05, 3.63) is 26.4 Å². The number of carboxylic acids is 1. The van der Waals surface area contributed by atoms with Gasteiger partial charge in [-0.1, -0.05) is 6.42 Å². The summed E-state index contributed by atoms with van der Waals surface area (Å²) >= 11 is 0. The van der Waals surface area contributed by atoms with Crippen molar-refractivity contribution in [1.29, 1.82) is 0 Å². The van der Waals surface area contributed by atoms with Crippen molar-refractivity contribution >= 4 is 5.97 Å². The quantitative estimate of drug-likeness (QED) is 0.0124. The molecule has 1 rings (SSSR count). The number of ether oxygens (including phenoxy) is 2. The molecule has 1 aliphatic heterocycles. The van der Waals surface area contributed by atoms with Crippen molar-refractivity contribution in [3.63, 3.8) is 0 Å². The molecule has 0 bridgehead atoms. The molecule has 0 aliphatic carbocycles. The van der Waals surface area contributed by atoms with Crippen molar-refractivity contribution in [2.45, 2.75) is 80.4 Å². The summed E-state index contributed by atoms with van der Waals surface area (Å²) in [4.78, 5) is 33.6. The first kappa shape index (κ1) is 54.9. The van der Waals surface area contributed by atoms with E-state index in [9.17, 15) is 50.8 Å². The molecular weight excluding hydrogens is 894 g/mol. The SMILES string of the molecule is O=C(O)C(CCCCNCC(O)C(O)C(OC1OC(CO)C(O)C(O)C1O)C(O)CO)N(CCN(C[CH-]OO)C[CH-]OO)CCN(C[CH-]OO)C[CH-]OO.[Gd]. The maximum Gasteiger partial charge on any atom is 0.320 e. The van der Waals surface area contributed by atoms with E-state index < -0.39 is 80.3 Å². The van der Waals surface area contributed by atoms with Crippen LogP contribution in [0.5, 0.6) is 0 Å². The summed E-state index contributed by atoms with van der Waals surface area (Å²) in [6.45, 7) is 3.75. The molecule has 25 heteroatoms. The van der Waals surface area contributed by atoms with E-state index in [2.05, 4.69) is 24.9 Å². The van der Waals surface area contributed by atoms with Crippen LogP contribution in [0.4, 0.5) is 0 Å². The van der Waals surface area contributed by atoms with Crippen molar-refractivity contribution in [2.24, 2.45) is 0 Å². The number of nitrogens with zero attached hydrogens (tertiary/aromatic N) is 3. The summed E-state index contributed by atoms with van der Waals surface area (Å²) < 4.78 is 10.6. The van der Waals surface area contributed by atoms with Crippen LogP contribution in [-0.4, -0.2) is 227 Å². The van der Waals surface area contributed by atoms with Crippen LogP contribution in [0.1, 0.15) is 19.3 Å². The van der Waals surface area contributed by atoms with Crippen LogP contribution < -0.4 is 5.32 Å². The Balaban J connectivity index is 0.0000292. The van der Waals surface area contributed by atoms with Gasteiger partial charge in [0.25, 0.3) is 0 Å². The Bertz CT molecular complexity index is 904. The topological polar surface area (TPSA) is 357 Å². The molecule has 1 saturated heterocycles. The van der Waals surface area contributed by atoms with E-state index in [1.165, 1.54) is 0 Å². The second kappa shape index (κ2) is 32.7. The van der Waals surface area contributed by atoms with Crippen molar-refractivity contribution in [3.8, 4) is 0 Å². The first-order valence-corrected chi connectivity index (χ1v) is 17.1. The fourth-order valence-corrected chi connectivity index (χ4v) is 5.51. The van der Waals surface area contributed by atoms with E-state index in [4.69, 9.17) is 30.5 Å². The van der Waals surface area contributed by atoms with Crippen LogP contribution >= 0.6 is 0 Å². The van der Waals surface area contributed by atoms with Gasteiger partial charge in [0, 0.05) is 72.7 Å². The maximum atomic E-state index is 12.5. The van der Waals surface area contributed by atoms with Crippen molar-refractivity contribution in [1.82, 2.24) is 20.0 Å². The zero-order valence-corrected chi connectivity index (χ0v) is 32.3. The van der Waals surface area contributed by atoms with Crippen LogP contribution in [0.15, 0.2) is 0 Å². The van der Waals surface area contributed by atoms with E-state index in [0.717, 1.165) is 26.4 Å². The van der Waals surface area contributed by atoms with E-state index in [1.54, 1.807) is 14.7 Å². The molecule has 24 nitrogen and oxygen atoms in total. The Morgan fingerprint density at radius 1 is 0.745 bits per heavy atom. The fourth-order valence-electron chi connectivity index (χ4n) is 5.51. The largest absolute Gasteiger partial charge is 0.480 e. The van der Waals surface area contributed by atoms with Crippen LogP contribution in [0.2, 0.25) is 0 Å². The number of carbonyl (C=O) groups is 1. The molecule has 1 heterocycles. The van der Waals surface area contributed by atoms with Gasteiger partial charge in [-0.3, -0.25) is 30.7 Å². The number of carboxylic acid groups (broad SMARTS) is 1. The van der Waals surface area contributed by atoms with Crippen LogP contribution in [0, 0.1) is 66.4 Å². The number of unbranched alkanes of at least 4 members (excludes halogenated alkanes) is 1. The third-order valence-corrected chi connectivity index (χ3v) is 8.63. The second-order valence-corrected chi connectivity index (χ2v) is 12.3. The number of rotatable bonds is 34. The second-order valence-electron chi connectivity index (χ2n) is 12.3. The molecule has 0 aromatic carbocycles. The third kappa shape index (κ3) is 21.1. The Kier molecular flexibility index (Phi) is 32.7. The molecular formula is C30H58GdN4O20-4. The Morgan fingerprint density at radius 2 is 1.25 bits per heavy atom. The molecule has 55 heavy (non-hydrogen) atoms. The minimum atomic E-state index is -1.88. The van der Waals surface area contributed by atoms with Gasteiger partial charge in [-0.2, -0.15) is 26.4 Å². The molecule has 0 aromatic rings. The third-order valence-electron chi connectivity index (χ3n) is 8.63. The predicted octanol–water partition coefficient (Wildman–Crippen LogP) is -5.03. The van der Waals surface area contributed by atoms with Crippen molar-refractivity contribution < 1.29 is 141 Å². The van der Waals surface area contributed by atoms with Gasteiger partial charge >= 0.3 is 5.97 Å². The van der Waals surface area contributed by atoms with Crippen LogP contribution in [0.3, 0.4) is 0 Å². The summed E-state index contributed by atoms with van der Waals surface area (Å²) in [6, 6.07) is -1.01. The number of nitrogens with one attached hydrogen (secondary N) is 1. The molecule has 0 amide bonds. The molecule has 330 valence electrons. The Morgan fingerprint density at radius 3 is 1.69 bits per heavy atom. The van der Waals surface area contributed by atoms with Crippen LogP contribution in [0.25, 0.3) is 0 Å². The summed E-state index contributed by atoms with van der Waals surface area (Å²) in [5.41, 5.74) is 0. The van der Waals surface area contributed by atoms with Gasteiger partial charge in [0.15, 0.2) is 6.29 Å². The van der Waals surface area contributed by atoms with E-state index in [-0.39, 0.29) is 112 Å². The molecule has 0 aromatic heterocycles. The van der Waals surface area contributed by atoms with Gasteiger partial charge < -0.3 is 90.1 Å². The molecule has 1 fully saturated rings.